The number of aliphatic carboxylic acids is 1. The van der Waals surface area contributed by atoms with E-state index in [4.69, 9.17) is 13.9 Å². The number of carbonyl (C=O) groups excluding carboxylic acids is 1. The molecule has 0 spiro atoms. The highest BCUT2D eigenvalue weighted by atomic mass is 16.4. The zero-order valence-electron chi connectivity index (χ0n) is 14.9. The van der Waals surface area contributed by atoms with Gasteiger partial charge in [-0.1, -0.05) is 24.3 Å². The quantitative estimate of drug-likeness (QED) is 0.390. The van der Waals surface area contributed by atoms with E-state index in [0.29, 0.717) is 5.56 Å². The summed E-state index contributed by atoms with van der Waals surface area (Å²) in [5.74, 6) is 0.702. The fourth-order valence-corrected chi connectivity index (χ4v) is 2.83. The second kappa shape index (κ2) is 7.74. The first kappa shape index (κ1) is 18.2. The number of hydrogen-bond donors (Lipinski definition) is 1. The Labute approximate surface area is 155 Å². The van der Waals surface area contributed by atoms with E-state index in [9.17, 15) is 9.59 Å². The SMILES string of the molecule is Cc1cc2c(/C=C/C(=O)O)cccc2o1.Cc1cc2c(C=O)cccc2o1. The second-order valence-corrected chi connectivity index (χ2v) is 6.02. The third-order valence-electron chi connectivity index (χ3n) is 3.97. The molecule has 5 heteroatoms. The maximum absolute atomic E-state index is 10.6. The molecule has 0 atom stereocenters. The van der Waals surface area contributed by atoms with E-state index in [2.05, 4.69) is 0 Å². The molecule has 0 radical (unpaired) electrons. The van der Waals surface area contributed by atoms with Crippen molar-refractivity contribution in [2.24, 2.45) is 0 Å². The van der Waals surface area contributed by atoms with Gasteiger partial charge in [-0.2, -0.15) is 0 Å². The van der Waals surface area contributed by atoms with Gasteiger partial charge in [0.1, 0.15) is 22.7 Å². The number of aldehydes is 1. The van der Waals surface area contributed by atoms with Gasteiger partial charge >= 0.3 is 5.97 Å². The standard InChI is InChI=1S/C12H10O3.C10H8O2/c1-8-7-10-9(5-6-12(13)14)3-2-4-11(10)15-8;1-7-5-9-8(6-11)3-2-4-10(9)12-7/h2-7H,1H3,(H,13,14);2-6H,1H3/b6-5+;. The van der Waals surface area contributed by atoms with Crippen molar-refractivity contribution in [3.8, 4) is 0 Å². The molecule has 0 saturated carbocycles. The number of carbonyl (C=O) groups is 2. The van der Waals surface area contributed by atoms with Gasteiger partial charge in [-0.05, 0) is 49.8 Å². The monoisotopic (exact) mass is 362 g/mol. The third kappa shape index (κ3) is 4.15. The molecule has 2 aromatic heterocycles. The molecule has 4 aromatic rings. The van der Waals surface area contributed by atoms with Crippen LogP contribution in [0.2, 0.25) is 0 Å². The lowest BCUT2D eigenvalue weighted by Gasteiger charge is -1.93. The Morgan fingerprint density at radius 3 is 1.93 bits per heavy atom. The molecule has 0 bridgehead atoms. The molecular weight excluding hydrogens is 344 g/mol. The first-order valence-electron chi connectivity index (χ1n) is 8.32. The average Bonchev–Trinajstić information content (AvgIpc) is 3.20. The minimum absolute atomic E-state index is 0.685. The van der Waals surface area contributed by atoms with Crippen molar-refractivity contribution in [3.63, 3.8) is 0 Å². The van der Waals surface area contributed by atoms with Gasteiger partial charge in [-0.25, -0.2) is 4.79 Å². The summed E-state index contributed by atoms with van der Waals surface area (Å²) in [5, 5.41) is 10.4. The number of fused-ring (bicyclic) bond motifs is 2. The summed E-state index contributed by atoms with van der Waals surface area (Å²) in [4.78, 5) is 21.0. The van der Waals surface area contributed by atoms with Crippen molar-refractivity contribution >= 4 is 40.3 Å². The van der Waals surface area contributed by atoms with E-state index >= 15 is 0 Å². The smallest absolute Gasteiger partial charge is 0.328 e. The fraction of sp³-hybridized carbons (Fsp3) is 0.0909. The highest BCUT2D eigenvalue weighted by molar-refractivity contribution is 5.96. The van der Waals surface area contributed by atoms with Crippen LogP contribution >= 0.6 is 0 Å². The van der Waals surface area contributed by atoms with Crippen molar-refractivity contribution in [2.75, 3.05) is 0 Å². The Morgan fingerprint density at radius 2 is 1.41 bits per heavy atom. The number of carboxylic acid groups (broad SMARTS) is 1. The topological polar surface area (TPSA) is 80.6 Å². The number of carboxylic acids is 1. The van der Waals surface area contributed by atoms with E-state index in [1.165, 1.54) is 0 Å². The van der Waals surface area contributed by atoms with Crippen LogP contribution < -0.4 is 0 Å². The van der Waals surface area contributed by atoms with Crippen molar-refractivity contribution in [1.82, 2.24) is 0 Å². The lowest BCUT2D eigenvalue weighted by molar-refractivity contribution is -0.131. The summed E-state index contributed by atoms with van der Waals surface area (Å²) in [7, 11) is 0. The summed E-state index contributed by atoms with van der Waals surface area (Å²) in [6.07, 6.45) is 3.54. The van der Waals surface area contributed by atoms with Crippen LogP contribution in [0, 0.1) is 13.8 Å². The predicted molar refractivity (Wildman–Crippen MR) is 104 cm³/mol. The zero-order valence-corrected chi connectivity index (χ0v) is 14.9. The number of aryl methyl sites for hydroxylation is 2. The molecule has 27 heavy (non-hydrogen) atoms. The van der Waals surface area contributed by atoms with Crippen molar-refractivity contribution in [2.45, 2.75) is 13.8 Å². The zero-order chi connectivity index (χ0) is 19.4. The van der Waals surface area contributed by atoms with Gasteiger partial charge in [0.15, 0.2) is 6.29 Å². The Bertz CT molecular complexity index is 1140. The van der Waals surface area contributed by atoms with E-state index in [1.54, 1.807) is 12.1 Å². The Hall–Kier alpha value is -3.60. The molecular formula is C22H18O5. The van der Waals surface area contributed by atoms with Gasteiger partial charge in [0.25, 0.3) is 0 Å². The lowest BCUT2D eigenvalue weighted by atomic mass is 10.1. The highest BCUT2D eigenvalue weighted by Crippen LogP contribution is 2.23. The van der Waals surface area contributed by atoms with E-state index in [-0.39, 0.29) is 0 Å². The molecule has 2 heterocycles. The maximum atomic E-state index is 10.6. The molecule has 0 saturated heterocycles. The molecule has 0 aliphatic carbocycles. The normalized spacial score (nSPS) is 10.9. The fourth-order valence-electron chi connectivity index (χ4n) is 2.83. The van der Waals surface area contributed by atoms with E-state index in [0.717, 1.165) is 51.4 Å². The van der Waals surface area contributed by atoms with Gasteiger partial charge in [0, 0.05) is 22.4 Å². The van der Waals surface area contributed by atoms with Gasteiger partial charge in [-0.15, -0.1) is 0 Å². The number of rotatable bonds is 3. The van der Waals surface area contributed by atoms with Crippen molar-refractivity contribution in [3.05, 3.63) is 77.3 Å². The lowest BCUT2D eigenvalue weighted by Crippen LogP contribution is -1.85. The number of benzene rings is 2. The number of furan rings is 2. The van der Waals surface area contributed by atoms with Crippen LogP contribution in [0.15, 0.2) is 63.4 Å². The summed E-state index contributed by atoms with van der Waals surface area (Å²) >= 11 is 0. The van der Waals surface area contributed by atoms with Crippen LogP contribution in [-0.4, -0.2) is 17.4 Å². The molecule has 0 aliphatic rings. The van der Waals surface area contributed by atoms with Crippen LogP contribution in [0.5, 0.6) is 0 Å². The maximum Gasteiger partial charge on any atom is 0.328 e. The largest absolute Gasteiger partial charge is 0.478 e. The molecule has 0 aliphatic heterocycles. The molecule has 1 N–H and O–H groups in total. The molecule has 2 aromatic carbocycles. The second-order valence-electron chi connectivity index (χ2n) is 6.02. The van der Waals surface area contributed by atoms with Gasteiger partial charge in [0.05, 0.1) is 0 Å². The Morgan fingerprint density at radius 1 is 0.889 bits per heavy atom. The van der Waals surface area contributed by atoms with Crippen molar-refractivity contribution < 1.29 is 23.5 Å². The minimum atomic E-state index is -0.952. The van der Waals surface area contributed by atoms with E-state index in [1.807, 2.05) is 56.3 Å². The summed E-state index contributed by atoms with van der Waals surface area (Å²) in [6.45, 7) is 3.74. The van der Waals surface area contributed by atoms with Gasteiger partial charge < -0.3 is 13.9 Å². The molecule has 0 unspecified atom stereocenters. The van der Waals surface area contributed by atoms with E-state index < -0.39 is 5.97 Å². The third-order valence-corrected chi connectivity index (χ3v) is 3.97. The van der Waals surface area contributed by atoms with Crippen LogP contribution in [-0.2, 0) is 4.79 Å². The molecule has 0 amide bonds. The van der Waals surface area contributed by atoms with Crippen molar-refractivity contribution in [1.29, 1.82) is 0 Å². The van der Waals surface area contributed by atoms with Crippen LogP contribution in [0.1, 0.15) is 27.4 Å². The molecule has 0 fully saturated rings. The summed E-state index contributed by atoms with van der Waals surface area (Å²) in [6, 6.07) is 14.8. The molecule has 4 rings (SSSR count). The number of hydrogen-bond acceptors (Lipinski definition) is 4. The summed E-state index contributed by atoms with van der Waals surface area (Å²) in [5.41, 5.74) is 3.09. The van der Waals surface area contributed by atoms with Gasteiger partial charge in [0.2, 0.25) is 0 Å². The first-order valence-corrected chi connectivity index (χ1v) is 8.32. The molecule has 136 valence electrons. The Kier molecular flexibility index (Phi) is 5.22. The van der Waals surface area contributed by atoms with Crippen LogP contribution in [0.25, 0.3) is 28.0 Å². The molecule has 5 nitrogen and oxygen atoms in total. The summed E-state index contributed by atoms with van der Waals surface area (Å²) < 4.78 is 10.8. The average molecular weight is 362 g/mol. The van der Waals surface area contributed by atoms with Crippen LogP contribution in [0.4, 0.5) is 0 Å². The predicted octanol–water partition coefficient (Wildman–Crippen LogP) is 5.39. The van der Waals surface area contributed by atoms with Crippen LogP contribution in [0.3, 0.4) is 0 Å². The highest BCUT2D eigenvalue weighted by Gasteiger charge is 2.04. The first-order chi connectivity index (χ1) is 13.0. The minimum Gasteiger partial charge on any atom is -0.478 e. The van der Waals surface area contributed by atoms with Gasteiger partial charge in [-0.3, -0.25) is 4.79 Å². The Balaban J connectivity index is 0.000000159.